The van der Waals surface area contributed by atoms with E-state index in [1.165, 1.54) is 19.6 Å². The van der Waals surface area contributed by atoms with Crippen LogP contribution in [-0.2, 0) is 19.1 Å². The van der Waals surface area contributed by atoms with Gasteiger partial charge in [-0.3, -0.25) is 9.59 Å². The minimum absolute atomic E-state index is 0.00861. The molecule has 7 atom stereocenters. The van der Waals surface area contributed by atoms with Gasteiger partial charge < -0.3 is 9.47 Å². The number of ketones is 1. The zero-order chi connectivity index (χ0) is 20.9. The summed E-state index contributed by atoms with van der Waals surface area (Å²) < 4.78 is 25.7. The Bertz CT molecular complexity index is 657. The monoisotopic (exact) mass is 394 g/mol. The molecule has 1 saturated heterocycles. The maximum absolute atomic E-state index is 15.3. The van der Waals surface area contributed by atoms with Crippen LogP contribution < -0.4 is 0 Å². The average Bonchev–Trinajstić information content (AvgIpc) is 3.09. The van der Waals surface area contributed by atoms with Crippen LogP contribution in [0.1, 0.15) is 66.2 Å². The summed E-state index contributed by atoms with van der Waals surface area (Å²) in [5.41, 5.74) is 0.988. The van der Waals surface area contributed by atoms with Gasteiger partial charge in [-0.25, -0.2) is 4.39 Å². The van der Waals surface area contributed by atoms with Gasteiger partial charge >= 0.3 is 5.97 Å². The first-order valence-corrected chi connectivity index (χ1v) is 10.6. The molecule has 5 heteroatoms. The predicted octanol–water partition coefficient (Wildman–Crippen LogP) is 4.86. The number of fused-ring (bicyclic) bond motifs is 1. The molecule has 4 nitrogen and oxygen atoms in total. The molecule has 28 heavy (non-hydrogen) atoms. The van der Waals surface area contributed by atoms with E-state index in [0.717, 1.165) is 32.1 Å². The Balaban J connectivity index is 2.01. The van der Waals surface area contributed by atoms with Crippen LogP contribution in [0.15, 0.2) is 12.2 Å². The minimum Gasteiger partial charge on any atom is -0.469 e. The molecule has 2 saturated carbocycles. The minimum atomic E-state index is -1.55. The number of allylic oxidation sites excluding steroid dienone is 1. The van der Waals surface area contributed by atoms with Crippen LogP contribution in [0.25, 0.3) is 0 Å². The Morgan fingerprint density at radius 1 is 1.29 bits per heavy atom. The fraction of sp³-hybridized carbons (Fsp3) is 0.826. The summed E-state index contributed by atoms with van der Waals surface area (Å²) in [5.74, 6) is -1.03. The first kappa shape index (κ1) is 21.5. The Hall–Kier alpha value is -1.23. The molecule has 0 amide bonds. The summed E-state index contributed by atoms with van der Waals surface area (Å²) in [4.78, 5) is 24.3. The normalized spacial score (nSPS) is 42.7. The lowest BCUT2D eigenvalue weighted by molar-refractivity contribution is -0.143. The number of methoxy groups -OCH3 is 1. The molecular weight excluding hydrogens is 359 g/mol. The number of carbonyl (C=O) groups is 2. The maximum Gasteiger partial charge on any atom is 0.305 e. The number of Topliss-reactive ketones (excluding diaryl/α,β-unsaturated/α-hetero) is 1. The van der Waals surface area contributed by atoms with E-state index in [9.17, 15) is 9.59 Å². The van der Waals surface area contributed by atoms with Crippen LogP contribution in [0.2, 0.25) is 0 Å². The number of halogens is 1. The van der Waals surface area contributed by atoms with Crippen LogP contribution in [0.3, 0.4) is 0 Å². The summed E-state index contributed by atoms with van der Waals surface area (Å²) in [6, 6.07) is 0. The number of alkyl halides is 1. The number of rotatable bonds is 4. The van der Waals surface area contributed by atoms with Gasteiger partial charge in [0.1, 0.15) is 6.10 Å². The number of hydrogen-bond donors (Lipinski definition) is 0. The van der Waals surface area contributed by atoms with Crippen LogP contribution in [0.4, 0.5) is 4.39 Å². The molecule has 3 aliphatic rings. The number of carbonyl (C=O) groups excluding carboxylic acids is 2. The molecule has 0 aromatic heterocycles. The third-order valence-corrected chi connectivity index (χ3v) is 8.07. The van der Waals surface area contributed by atoms with Gasteiger partial charge in [0, 0.05) is 11.8 Å². The molecule has 3 rings (SSSR count). The highest BCUT2D eigenvalue weighted by molar-refractivity contribution is 5.82. The summed E-state index contributed by atoms with van der Waals surface area (Å²) in [6.07, 6.45) is 2.67. The predicted molar refractivity (Wildman–Crippen MR) is 105 cm³/mol. The van der Waals surface area contributed by atoms with Gasteiger partial charge in [-0.1, -0.05) is 32.9 Å². The lowest BCUT2D eigenvalue weighted by atomic mass is 9.59. The largest absolute Gasteiger partial charge is 0.469 e. The molecule has 158 valence electrons. The lowest BCUT2D eigenvalue weighted by Gasteiger charge is -2.44. The molecule has 1 unspecified atom stereocenters. The van der Waals surface area contributed by atoms with Gasteiger partial charge in [0.05, 0.1) is 13.5 Å². The molecule has 0 aromatic rings. The first-order valence-electron chi connectivity index (χ1n) is 10.6. The second-order valence-corrected chi connectivity index (χ2v) is 10.1. The fourth-order valence-corrected chi connectivity index (χ4v) is 6.73. The number of esters is 1. The Morgan fingerprint density at radius 3 is 2.57 bits per heavy atom. The van der Waals surface area contributed by atoms with Crippen molar-refractivity contribution in [3.8, 4) is 0 Å². The van der Waals surface area contributed by atoms with E-state index >= 15 is 4.39 Å². The summed E-state index contributed by atoms with van der Waals surface area (Å²) in [6.45, 7) is 12.6. The molecule has 2 aliphatic carbocycles. The topological polar surface area (TPSA) is 52.6 Å². The standard InChI is InChI=1S/C23H35FO4/c1-13-8-7-10-22(3,4)16-9-11-23(5,18(13)16)19-15(12-17(26)27-6)20(14(2)25)28-21(19)24/h15-16,18-21H,1,7-12H2,2-6H3/t15-,16-,18-,19+,20+,21?,23-/m1/s1. The Kier molecular flexibility index (Phi) is 5.79. The number of hydrogen-bond acceptors (Lipinski definition) is 4. The van der Waals surface area contributed by atoms with Crippen molar-refractivity contribution in [3.05, 3.63) is 12.2 Å². The van der Waals surface area contributed by atoms with E-state index in [-0.39, 0.29) is 29.0 Å². The van der Waals surface area contributed by atoms with Gasteiger partial charge in [-0.15, -0.1) is 0 Å². The third kappa shape index (κ3) is 3.44. The molecule has 0 bridgehead atoms. The third-order valence-electron chi connectivity index (χ3n) is 8.07. The fourth-order valence-electron chi connectivity index (χ4n) is 6.73. The SMILES string of the molecule is C=C1CCCC(C)(C)[C@@H]2CC[C@@](C)([C@@H]3C(F)O[C@@H](C(C)=O)[C@@H]3CC(=O)OC)[C@H]12. The van der Waals surface area contributed by atoms with Crippen molar-refractivity contribution in [2.24, 2.45) is 34.5 Å². The highest BCUT2D eigenvalue weighted by atomic mass is 19.1. The summed E-state index contributed by atoms with van der Waals surface area (Å²) in [5, 5.41) is 0. The van der Waals surface area contributed by atoms with E-state index < -0.39 is 30.3 Å². The van der Waals surface area contributed by atoms with E-state index in [4.69, 9.17) is 9.47 Å². The van der Waals surface area contributed by atoms with Crippen molar-refractivity contribution >= 4 is 11.8 Å². The Morgan fingerprint density at radius 2 is 1.96 bits per heavy atom. The van der Waals surface area contributed by atoms with Gasteiger partial charge in [-0.05, 0) is 61.7 Å². The first-order chi connectivity index (χ1) is 13.0. The van der Waals surface area contributed by atoms with Crippen LogP contribution >= 0.6 is 0 Å². The second kappa shape index (κ2) is 7.55. The molecule has 1 aliphatic heterocycles. The number of ether oxygens (including phenoxy) is 2. The van der Waals surface area contributed by atoms with E-state index in [1.807, 2.05) is 0 Å². The lowest BCUT2D eigenvalue weighted by Crippen LogP contribution is -2.43. The van der Waals surface area contributed by atoms with Crippen molar-refractivity contribution in [1.82, 2.24) is 0 Å². The second-order valence-electron chi connectivity index (χ2n) is 10.1. The van der Waals surface area contributed by atoms with E-state index in [1.54, 1.807) is 0 Å². The summed E-state index contributed by atoms with van der Waals surface area (Å²) >= 11 is 0. The van der Waals surface area contributed by atoms with E-state index in [0.29, 0.717) is 5.92 Å². The van der Waals surface area contributed by atoms with E-state index in [2.05, 4.69) is 27.4 Å². The van der Waals surface area contributed by atoms with Crippen molar-refractivity contribution in [2.45, 2.75) is 78.7 Å². The highest BCUT2D eigenvalue weighted by Gasteiger charge is 2.62. The zero-order valence-electron chi connectivity index (χ0n) is 17.9. The molecule has 0 N–H and O–H groups in total. The van der Waals surface area contributed by atoms with Crippen LogP contribution in [0.5, 0.6) is 0 Å². The zero-order valence-corrected chi connectivity index (χ0v) is 17.9. The van der Waals surface area contributed by atoms with Gasteiger partial charge in [-0.2, -0.15) is 0 Å². The molecular formula is C23H35FO4. The highest BCUT2D eigenvalue weighted by Crippen LogP contribution is 2.65. The van der Waals surface area contributed by atoms with Crippen molar-refractivity contribution in [2.75, 3.05) is 7.11 Å². The molecule has 1 heterocycles. The Labute approximate surface area is 168 Å². The van der Waals surface area contributed by atoms with Crippen LogP contribution in [0, 0.1) is 34.5 Å². The van der Waals surface area contributed by atoms with Crippen LogP contribution in [-0.4, -0.2) is 31.3 Å². The molecule has 0 spiro atoms. The van der Waals surface area contributed by atoms with Gasteiger partial charge in [0.25, 0.3) is 0 Å². The molecule has 0 radical (unpaired) electrons. The quantitative estimate of drug-likeness (QED) is 0.504. The molecule has 0 aromatic carbocycles. The van der Waals surface area contributed by atoms with Gasteiger partial charge in [0.15, 0.2) is 5.78 Å². The summed E-state index contributed by atoms with van der Waals surface area (Å²) in [7, 11) is 1.33. The molecule has 3 fully saturated rings. The smallest absolute Gasteiger partial charge is 0.305 e. The van der Waals surface area contributed by atoms with Gasteiger partial charge in [0.2, 0.25) is 6.36 Å². The van der Waals surface area contributed by atoms with Crippen molar-refractivity contribution in [1.29, 1.82) is 0 Å². The maximum atomic E-state index is 15.3. The van der Waals surface area contributed by atoms with Crippen molar-refractivity contribution < 1.29 is 23.5 Å². The van der Waals surface area contributed by atoms with Crippen molar-refractivity contribution in [3.63, 3.8) is 0 Å². The average molecular weight is 395 g/mol.